The lowest BCUT2D eigenvalue weighted by atomic mass is 10.1. The van der Waals surface area contributed by atoms with Crippen LogP contribution in [-0.2, 0) is 16.6 Å². The Kier molecular flexibility index (Phi) is 8.65. The van der Waals surface area contributed by atoms with E-state index < -0.39 is 44.6 Å². The summed E-state index contributed by atoms with van der Waals surface area (Å²) in [6, 6.07) is 6.48. The average molecular weight is 572 g/mol. The standard InChI is InChI=1S/C24H25F4N5O3S2/c25-16-3-1-4-17(26)15(16)13-30-9-12-38(35,36)33-10-7-14(8-11-33)31-24-32-23(29)22(37-24)21(34)20-18(27)5-2-6-19(20)28/h1-6,14,30H,7-13,29H2,(H,31,32). The molecule has 0 saturated carbocycles. The van der Waals surface area contributed by atoms with Crippen molar-refractivity contribution in [2.75, 3.05) is 36.4 Å². The number of sulfonamides is 1. The summed E-state index contributed by atoms with van der Waals surface area (Å²) in [5, 5.41) is 6.16. The minimum atomic E-state index is -3.60. The number of aromatic nitrogens is 1. The first-order chi connectivity index (χ1) is 18.1. The minimum absolute atomic E-state index is 0.0199. The van der Waals surface area contributed by atoms with Gasteiger partial charge in [-0.2, -0.15) is 0 Å². The van der Waals surface area contributed by atoms with Crippen molar-refractivity contribution in [3.8, 4) is 0 Å². The fourth-order valence-electron chi connectivity index (χ4n) is 4.08. The molecular weight excluding hydrogens is 546 g/mol. The second-order valence-electron chi connectivity index (χ2n) is 8.67. The van der Waals surface area contributed by atoms with E-state index in [1.54, 1.807) is 0 Å². The third kappa shape index (κ3) is 6.31. The van der Waals surface area contributed by atoms with Crippen molar-refractivity contribution in [2.24, 2.45) is 0 Å². The van der Waals surface area contributed by atoms with Gasteiger partial charge in [0.05, 0.1) is 11.3 Å². The summed E-state index contributed by atoms with van der Waals surface area (Å²) in [5.74, 6) is -4.70. The number of ketones is 1. The van der Waals surface area contributed by atoms with E-state index in [9.17, 15) is 30.8 Å². The molecular formula is C24H25F4N5O3S2. The van der Waals surface area contributed by atoms with E-state index in [0.29, 0.717) is 12.8 Å². The van der Waals surface area contributed by atoms with E-state index in [1.165, 1.54) is 10.4 Å². The number of hydrogen-bond donors (Lipinski definition) is 3. The highest BCUT2D eigenvalue weighted by Gasteiger charge is 2.29. The lowest BCUT2D eigenvalue weighted by Gasteiger charge is -2.31. The number of nitrogen functional groups attached to an aromatic ring is 1. The molecule has 0 amide bonds. The maximum Gasteiger partial charge on any atom is 0.215 e. The van der Waals surface area contributed by atoms with Crippen LogP contribution >= 0.6 is 11.3 Å². The predicted octanol–water partition coefficient (Wildman–Crippen LogP) is 3.51. The first-order valence-electron chi connectivity index (χ1n) is 11.7. The SMILES string of the molecule is Nc1nc(NC2CCN(S(=O)(=O)CCNCc3c(F)cccc3F)CC2)sc1C(=O)c1c(F)cccc1F. The number of carbonyl (C=O) groups excluding carboxylic acids is 1. The van der Waals surface area contributed by atoms with Gasteiger partial charge in [0.15, 0.2) is 5.13 Å². The van der Waals surface area contributed by atoms with Gasteiger partial charge in [-0.1, -0.05) is 23.5 Å². The predicted molar refractivity (Wildman–Crippen MR) is 136 cm³/mol. The Morgan fingerprint density at radius 3 is 2.21 bits per heavy atom. The first kappa shape index (κ1) is 28.0. The first-order valence-corrected chi connectivity index (χ1v) is 14.1. The van der Waals surface area contributed by atoms with Crippen LogP contribution in [-0.4, -0.2) is 54.9 Å². The smallest absolute Gasteiger partial charge is 0.215 e. The molecule has 0 bridgehead atoms. The molecule has 4 N–H and O–H groups in total. The van der Waals surface area contributed by atoms with E-state index in [0.717, 1.165) is 41.7 Å². The molecule has 2 heterocycles. The molecule has 0 unspecified atom stereocenters. The van der Waals surface area contributed by atoms with Crippen molar-refractivity contribution < 1.29 is 30.8 Å². The maximum atomic E-state index is 14.0. The number of anilines is 2. The maximum absolute atomic E-state index is 14.0. The molecule has 0 aliphatic carbocycles. The van der Waals surface area contributed by atoms with Crippen molar-refractivity contribution in [1.82, 2.24) is 14.6 Å². The normalized spacial score (nSPS) is 15.1. The molecule has 204 valence electrons. The molecule has 3 aromatic rings. The number of thiazole rings is 1. The summed E-state index contributed by atoms with van der Waals surface area (Å²) in [7, 11) is -3.60. The molecule has 1 aliphatic rings. The number of nitrogens with one attached hydrogen (secondary N) is 2. The van der Waals surface area contributed by atoms with E-state index >= 15 is 0 Å². The second kappa shape index (κ2) is 11.8. The molecule has 8 nitrogen and oxygen atoms in total. The van der Waals surface area contributed by atoms with Crippen LogP contribution < -0.4 is 16.4 Å². The fraction of sp³-hybridized carbons (Fsp3) is 0.333. The Morgan fingerprint density at radius 2 is 1.61 bits per heavy atom. The summed E-state index contributed by atoms with van der Waals surface area (Å²) in [4.78, 5) is 16.7. The highest BCUT2D eigenvalue weighted by molar-refractivity contribution is 7.89. The van der Waals surface area contributed by atoms with E-state index in [2.05, 4.69) is 15.6 Å². The number of benzene rings is 2. The van der Waals surface area contributed by atoms with E-state index in [-0.39, 0.29) is 59.4 Å². The summed E-state index contributed by atoms with van der Waals surface area (Å²) in [6.07, 6.45) is 0.885. The van der Waals surface area contributed by atoms with Crippen molar-refractivity contribution in [3.63, 3.8) is 0 Å². The van der Waals surface area contributed by atoms with Gasteiger partial charge in [0, 0.05) is 37.8 Å². The summed E-state index contributed by atoms with van der Waals surface area (Å²) in [5.41, 5.74) is 4.98. The van der Waals surface area contributed by atoms with Crippen molar-refractivity contribution in [2.45, 2.75) is 25.4 Å². The van der Waals surface area contributed by atoms with Crippen LogP contribution in [0.2, 0.25) is 0 Å². The van der Waals surface area contributed by atoms with Gasteiger partial charge < -0.3 is 16.4 Å². The van der Waals surface area contributed by atoms with Crippen LogP contribution in [0.25, 0.3) is 0 Å². The molecule has 2 aromatic carbocycles. The van der Waals surface area contributed by atoms with Gasteiger partial charge in [-0.25, -0.2) is 35.3 Å². The fourth-order valence-corrected chi connectivity index (χ4v) is 6.42. The Morgan fingerprint density at radius 1 is 1.03 bits per heavy atom. The second-order valence-corrected chi connectivity index (χ2v) is 11.8. The molecule has 1 saturated heterocycles. The largest absolute Gasteiger partial charge is 0.382 e. The zero-order valence-corrected chi connectivity index (χ0v) is 21.6. The summed E-state index contributed by atoms with van der Waals surface area (Å²) >= 11 is 0.870. The van der Waals surface area contributed by atoms with Gasteiger partial charge in [0.1, 0.15) is 34.0 Å². The monoisotopic (exact) mass is 571 g/mol. The lowest BCUT2D eigenvalue weighted by Crippen LogP contribution is -2.44. The number of nitrogens with two attached hydrogens (primary N) is 1. The molecule has 0 spiro atoms. The summed E-state index contributed by atoms with van der Waals surface area (Å²) < 4.78 is 82.2. The third-order valence-electron chi connectivity index (χ3n) is 6.12. The van der Waals surface area contributed by atoms with Crippen molar-refractivity contribution in [1.29, 1.82) is 0 Å². The molecule has 1 aromatic heterocycles. The van der Waals surface area contributed by atoms with Gasteiger partial charge in [-0.3, -0.25) is 4.79 Å². The van der Waals surface area contributed by atoms with Crippen LogP contribution in [0.1, 0.15) is 33.6 Å². The van der Waals surface area contributed by atoms with Crippen molar-refractivity contribution in [3.05, 3.63) is 75.7 Å². The summed E-state index contributed by atoms with van der Waals surface area (Å²) in [6.45, 7) is 0.348. The topological polar surface area (TPSA) is 117 Å². The molecule has 14 heteroatoms. The highest BCUT2D eigenvalue weighted by Crippen LogP contribution is 2.30. The third-order valence-corrected chi connectivity index (χ3v) is 9.00. The molecule has 0 radical (unpaired) electrons. The van der Waals surface area contributed by atoms with Gasteiger partial charge in [-0.05, 0) is 37.1 Å². The van der Waals surface area contributed by atoms with E-state index in [4.69, 9.17) is 5.73 Å². The molecule has 0 atom stereocenters. The number of rotatable bonds is 10. The van der Waals surface area contributed by atoms with Crippen LogP contribution in [0.15, 0.2) is 36.4 Å². The highest BCUT2D eigenvalue weighted by atomic mass is 32.2. The average Bonchev–Trinajstić information content (AvgIpc) is 3.23. The zero-order chi connectivity index (χ0) is 27.4. The zero-order valence-electron chi connectivity index (χ0n) is 20.0. The van der Waals surface area contributed by atoms with Crippen LogP contribution in [0.4, 0.5) is 28.5 Å². The van der Waals surface area contributed by atoms with Crippen LogP contribution in [0.5, 0.6) is 0 Å². The van der Waals surface area contributed by atoms with Crippen molar-refractivity contribution >= 4 is 38.1 Å². The van der Waals surface area contributed by atoms with Gasteiger partial charge in [-0.15, -0.1) is 0 Å². The van der Waals surface area contributed by atoms with Gasteiger partial charge in [0.25, 0.3) is 0 Å². The van der Waals surface area contributed by atoms with Gasteiger partial charge >= 0.3 is 0 Å². The number of nitrogens with zero attached hydrogens (tertiary/aromatic N) is 2. The molecule has 1 fully saturated rings. The van der Waals surface area contributed by atoms with E-state index in [1.807, 2.05) is 0 Å². The number of hydrogen-bond acceptors (Lipinski definition) is 8. The van der Waals surface area contributed by atoms with Crippen LogP contribution in [0.3, 0.4) is 0 Å². The van der Waals surface area contributed by atoms with Crippen LogP contribution in [0, 0.1) is 23.3 Å². The molecule has 4 rings (SSSR count). The lowest BCUT2D eigenvalue weighted by molar-refractivity contribution is 0.103. The number of piperidine rings is 1. The number of carbonyl (C=O) groups is 1. The Balaban J connectivity index is 1.28. The quantitative estimate of drug-likeness (QED) is 0.194. The van der Waals surface area contributed by atoms with Gasteiger partial charge in [0.2, 0.25) is 15.8 Å². The number of halogens is 4. The Bertz CT molecular complexity index is 1390. The Hall–Kier alpha value is -3.07. The molecule has 1 aliphatic heterocycles. The Labute approximate surface area is 220 Å². The minimum Gasteiger partial charge on any atom is -0.382 e. The molecule has 38 heavy (non-hydrogen) atoms.